The molecule has 0 unspecified atom stereocenters. The molecule has 0 saturated heterocycles. The number of pyridine rings is 1. The van der Waals surface area contributed by atoms with Crippen LogP contribution in [0.5, 0.6) is 5.75 Å². The number of azo groups is 1. The van der Waals surface area contributed by atoms with Gasteiger partial charge < -0.3 is 5.11 Å². The molecule has 2 aromatic heterocycles. The predicted molar refractivity (Wildman–Crippen MR) is 82.6 cm³/mol. The van der Waals surface area contributed by atoms with Gasteiger partial charge in [-0.1, -0.05) is 11.6 Å². The number of aromatic hydroxyl groups is 1. The molecule has 0 radical (unpaired) electrons. The summed E-state index contributed by atoms with van der Waals surface area (Å²) in [5.74, 6) is 0.0173. The van der Waals surface area contributed by atoms with Crippen LogP contribution >= 0.6 is 22.9 Å². The van der Waals surface area contributed by atoms with Crippen molar-refractivity contribution in [1.82, 2.24) is 9.97 Å². The van der Waals surface area contributed by atoms with Gasteiger partial charge in [-0.25, -0.2) is 4.98 Å². The summed E-state index contributed by atoms with van der Waals surface area (Å²) >= 11 is 7.20. The molecule has 0 amide bonds. The smallest absolute Gasteiger partial charge is 0.230 e. The van der Waals surface area contributed by atoms with Crippen molar-refractivity contribution in [2.75, 3.05) is 0 Å². The van der Waals surface area contributed by atoms with Crippen molar-refractivity contribution in [3.05, 3.63) is 53.1 Å². The summed E-state index contributed by atoms with van der Waals surface area (Å²) in [5.41, 5.74) is 2.30. The second kappa shape index (κ2) is 5.99. The third-order valence-electron chi connectivity index (χ3n) is 2.63. The summed E-state index contributed by atoms with van der Waals surface area (Å²) in [5, 5.41) is 20.1. The van der Waals surface area contributed by atoms with Crippen molar-refractivity contribution < 1.29 is 5.11 Å². The summed E-state index contributed by atoms with van der Waals surface area (Å²) in [6, 6.07) is 8.42. The topological polar surface area (TPSA) is 70.7 Å². The van der Waals surface area contributed by atoms with Crippen molar-refractivity contribution in [3.8, 4) is 17.0 Å². The number of nitrogens with zero attached hydrogens (tertiary/aromatic N) is 4. The zero-order valence-corrected chi connectivity index (χ0v) is 12.2. The Hall–Kier alpha value is -2.31. The average Bonchev–Trinajstić information content (AvgIpc) is 2.98. The first-order chi connectivity index (χ1) is 10.2. The van der Waals surface area contributed by atoms with Crippen molar-refractivity contribution in [2.24, 2.45) is 10.2 Å². The number of halogens is 1. The lowest BCUT2D eigenvalue weighted by molar-refractivity contribution is 0.475. The Morgan fingerprint density at radius 2 is 2.10 bits per heavy atom. The Balaban J connectivity index is 1.81. The van der Waals surface area contributed by atoms with Crippen molar-refractivity contribution >= 4 is 33.8 Å². The third kappa shape index (κ3) is 3.24. The highest BCUT2D eigenvalue weighted by molar-refractivity contribution is 7.13. The fourth-order valence-electron chi connectivity index (χ4n) is 1.62. The first-order valence-corrected chi connectivity index (χ1v) is 7.24. The Bertz CT molecular complexity index is 789. The number of hydrogen-bond donors (Lipinski definition) is 1. The third-order valence-corrected chi connectivity index (χ3v) is 3.66. The van der Waals surface area contributed by atoms with Crippen molar-refractivity contribution in [3.63, 3.8) is 0 Å². The number of benzene rings is 1. The molecule has 0 bridgehead atoms. The normalized spacial score (nSPS) is 11.1. The molecule has 21 heavy (non-hydrogen) atoms. The maximum atomic E-state index is 9.34. The predicted octanol–water partition coefficient (Wildman–Crippen LogP) is 4.98. The highest BCUT2D eigenvalue weighted by Gasteiger charge is 2.04. The highest BCUT2D eigenvalue weighted by Crippen LogP contribution is 2.30. The molecule has 0 aliphatic heterocycles. The van der Waals surface area contributed by atoms with E-state index >= 15 is 0 Å². The van der Waals surface area contributed by atoms with E-state index in [9.17, 15) is 5.11 Å². The minimum Gasteiger partial charge on any atom is -0.506 e. The van der Waals surface area contributed by atoms with Crippen LogP contribution in [-0.2, 0) is 0 Å². The molecule has 0 aliphatic carbocycles. The number of rotatable bonds is 3. The first kappa shape index (κ1) is 13.7. The Morgan fingerprint density at radius 1 is 1.19 bits per heavy atom. The van der Waals surface area contributed by atoms with E-state index in [2.05, 4.69) is 20.2 Å². The van der Waals surface area contributed by atoms with Gasteiger partial charge in [-0.3, -0.25) is 4.98 Å². The molecular formula is C14H9ClN4OS. The monoisotopic (exact) mass is 316 g/mol. The maximum absolute atomic E-state index is 9.34. The van der Waals surface area contributed by atoms with Gasteiger partial charge in [0.15, 0.2) is 0 Å². The standard InChI is InChI=1S/C14H9ClN4OS/c15-11-6-10(3-4-13(11)20)18-19-14-17-12(8-21-14)9-2-1-5-16-7-9/h1-8,20H. The summed E-state index contributed by atoms with van der Waals surface area (Å²) in [6.45, 7) is 0. The van der Waals surface area contributed by atoms with Gasteiger partial charge >= 0.3 is 0 Å². The van der Waals surface area contributed by atoms with E-state index in [4.69, 9.17) is 11.6 Å². The molecule has 0 aliphatic rings. The number of phenolic OH excluding ortho intramolecular Hbond substituents is 1. The molecule has 5 nitrogen and oxygen atoms in total. The van der Waals surface area contributed by atoms with Gasteiger partial charge in [-0.2, -0.15) is 0 Å². The van der Waals surface area contributed by atoms with Gasteiger partial charge in [-0.15, -0.1) is 21.6 Å². The zero-order valence-electron chi connectivity index (χ0n) is 10.6. The Morgan fingerprint density at radius 3 is 2.86 bits per heavy atom. The van der Waals surface area contributed by atoms with Gasteiger partial charge in [0.2, 0.25) is 5.13 Å². The van der Waals surface area contributed by atoms with Crippen LogP contribution in [0.4, 0.5) is 10.8 Å². The van der Waals surface area contributed by atoms with E-state index < -0.39 is 0 Å². The van der Waals surface area contributed by atoms with Crippen LogP contribution < -0.4 is 0 Å². The molecule has 1 N–H and O–H groups in total. The quantitative estimate of drug-likeness (QED) is 0.693. The van der Waals surface area contributed by atoms with Crippen LogP contribution in [0, 0.1) is 0 Å². The summed E-state index contributed by atoms with van der Waals surface area (Å²) in [6.07, 6.45) is 3.46. The minimum atomic E-state index is 0.0173. The summed E-state index contributed by atoms with van der Waals surface area (Å²) in [4.78, 5) is 8.43. The lowest BCUT2D eigenvalue weighted by Gasteiger charge is -1.96. The van der Waals surface area contributed by atoms with Crippen LogP contribution in [0.1, 0.15) is 0 Å². The Kier molecular flexibility index (Phi) is 3.89. The molecule has 0 fully saturated rings. The van der Waals surface area contributed by atoms with Crippen molar-refractivity contribution in [1.29, 1.82) is 0 Å². The number of phenols is 1. The van der Waals surface area contributed by atoms with Gasteiger partial charge in [-0.05, 0) is 30.3 Å². The van der Waals surface area contributed by atoms with E-state index in [1.165, 1.54) is 23.5 Å². The number of aromatic nitrogens is 2. The minimum absolute atomic E-state index is 0.0173. The van der Waals surface area contributed by atoms with E-state index in [0.717, 1.165) is 11.3 Å². The molecule has 7 heteroatoms. The average molecular weight is 317 g/mol. The van der Waals surface area contributed by atoms with E-state index in [1.807, 2.05) is 17.5 Å². The highest BCUT2D eigenvalue weighted by atomic mass is 35.5. The zero-order chi connectivity index (χ0) is 14.7. The van der Waals surface area contributed by atoms with Gasteiger partial charge in [0, 0.05) is 23.3 Å². The molecule has 0 saturated carbocycles. The Labute approximate surface area is 129 Å². The first-order valence-electron chi connectivity index (χ1n) is 5.98. The largest absolute Gasteiger partial charge is 0.506 e. The van der Waals surface area contributed by atoms with Crippen LogP contribution in [0.25, 0.3) is 11.3 Å². The second-order valence-corrected chi connectivity index (χ2v) is 5.34. The molecule has 1 aromatic carbocycles. The lowest BCUT2D eigenvalue weighted by atomic mass is 10.2. The van der Waals surface area contributed by atoms with Crippen molar-refractivity contribution in [2.45, 2.75) is 0 Å². The fourth-order valence-corrected chi connectivity index (χ4v) is 2.44. The molecule has 104 valence electrons. The molecule has 0 atom stereocenters. The van der Waals surface area contributed by atoms with Crippen LogP contribution in [-0.4, -0.2) is 15.1 Å². The van der Waals surface area contributed by atoms with E-state index in [-0.39, 0.29) is 10.8 Å². The maximum Gasteiger partial charge on any atom is 0.230 e. The molecule has 2 heterocycles. The van der Waals surface area contributed by atoms with Crippen LogP contribution in [0.2, 0.25) is 5.02 Å². The molecular weight excluding hydrogens is 308 g/mol. The van der Waals surface area contributed by atoms with Crippen LogP contribution in [0.3, 0.4) is 0 Å². The van der Waals surface area contributed by atoms with E-state index in [0.29, 0.717) is 10.8 Å². The van der Waals surface area contributed by atoms with E-state index in [1.54, 1.807) is 18.5 Å². The van der Waals surface area contributed by atoms with Gasteiger partial charge in [0.05, 0.1) is 16.4 Å². The molecule has 3 aromatic rings. The summed E-state index contributed by atoms with van der Waals surface area (Å²) < 4.78 is 0. The molecule has 0 spiro atoms. The van der Waals surface area contributed by atoms with Gasteiger partial charge in [0.25, 0.3) is 0 Å². The lowest BCUT2D eigenvalue weighted by Crippen LogP contribution is -1.77. The SMILES string of the molecule is Oc1ccc(N=Nc2nc(-c3cccnc3)cs2)cc1Cl. The van der Waals surface area contributed by atoms with Crippen LogP contribution in [0.15, 0.2) is 58.3 Å². The van der Waals surface area contributed by atoms with Gasteiger partial charge in [0.1, 0.15) is 5.75 Å². The molecule has 3 rings (SSSR count). The summed E-state index contributed by atoms with van der Waals surface area (Å²) in [7, 11) is 0. The fraction of sp³-hybridized carbons (Fsp3) is 0. The number of hydrogen-bond acceptors (Lipinski definition) is 6. The number of thiazole rings is 1. The second-order valence-electron chi connectivity index (χ2n) is 4.09.